The molecule has 1 aliphatic rings. The molecule has 4 N–H and O–H groups in total. The molecule has 0 radical (unpaired) electrons. The summed E-state index contributed by atoms with van der Waals surface area (Å²) in [7, 11) is 2.05. The molecule has 1 aliphatic carbocycles. The van der Waals surface area contributed by atoms with Gasteiger partial charge in [-0.05, 0) is 44.2 Å². The molecule has 1 aromatic rings. The highest BCUT2D eigenvalue weighted by Crippen LogP contribution is 2.34. The Morgan fingerprint density at radius 3 is 2.10 bits per heavy atom. The van der Waals surface area contributed by atoms with Gasteiger partial charge in [0.25, 0.3) is 0 Å². The average Bonchev–Trinajstić information content (AvgIpc) is 2.66. The third-order valence-electron chi connectivity index (χ3n) is 4.79. The summed E-state index contributed by atoms with van der Waals surface area (Å²) in [6.45, 7) is 0.653. The number of hydrogen-bond donors (Lipinski definition) is 3. The van der Waals surface area contributed by atoms with Crippen molar-refractivity contribution >= 4 is 17.9 Å². The van der Waals surface area contributed by atoms with Gasteiger partial charge >= 0.3 is 18.2 Å². The van der Waals surface area contributed by atoms with Crippen LogP contribution in [0.4, 0.5) is 18.0 Å². The quantitative estimate of drug-likeness (QED) is 0.682. The molecule has 1 aromatic carbocycles. The summed E-state index contributed by atoms with van der Waals surface area (Å²) >= 11 is 0. The normalized spacial score (nSPS) is 19.1. The van der Waals surface area contributed by atoms with E-state index in [0.717, 1.165) is 12.8 Å². The Kier molecular flexibility index (Phi) is 9.60. The predicted octanol–water partition coefficient (Wildman–Crippen LogP) is 2.86. The van der Waals surface area contributed by atoms with Gasteiger partial charge in [0.1, 0.15) is 0 Å². The number of carboxylic acids is 1. The molecular formula is C19H26F3N3O4. The molecule has 1 saturated carbocycles. The van der Waals surface area contributed by atoms with E-state index in [1.165, 1.54) is 18.4 Å². The maximum atomic E-state index is 11.4. The molecule has 0 aliphatic heterocycles. The van der Waals surface area contributed by atoms with E-state index >= 15 is 0 Å². The molecule has 1 fully saturated rings. The maximum Gasteiger partial charge on any atom is 0.490 e. The summed E-state index contributed by atoms with van der Waals surface area (Å²) in [6.07, 6.45) is -0.113. The van der Waals surface area contributed by atoms with Crippen LogP contribution >= 0.6 is 0 Å². The number of nitrogens with one attached hydrogen (secondary N) is 1. The SMILES string of the molecule is CN(CCC(=O)NC(N)=O)C1CCC(c2ccccc2)CC1.O=C(O)C(F)(F)F. The number of aliphatic carboxylic acids is 1. The van der Waals surface area contributed by atoms with Crippen LogP contribution in [0.1, 0.15) is 43.6 Å². The van der Waals surface area contributed by atoms with Crippen LogP contribution in [-0.4, -0.2) is 53.7 Å². The Labute approximate surface area is 167 Å². The zero-order valence-electron chi connectivity index (χ0n) is 16.1. The second kappa shape index (κ2) is 11.4. The van der Waals surface area contributed by atoms with E-state index in [2.05, 4.69) is 40.5 Å². The highest BCUT2D eigenvalue weighted by Gasteiger charge is 2.38. The highest BCUT2D eigenvalue weighted by molar-refractivity contribution is 5.93. The molecule has 10 heteroatoms. The van der Waals surface area contributed by atoms with Gasteiger partial charge in [-0.1, -0.05) is 30.3 Å². The Balaban J connectivity index is 0.000000516. The van der Waals surface area contributed by atoms with E-state index in [-0.39, 0.29) is 5.91 Å². The zero-order valence-corrected chi connectivity index (χ0v) is 16.1. The van der Waals surface area contributed by atoms with E-state index in [1.54, 1.807) is 0 Å². The van der Waals surface area contributed by atoms with Gasteiger partial charge < -0.3 is 15.7 Å². The first kappa shape index (κ1) is 24.4. The minimum Gasteiger partial charge on any atom is -0.475 e. The molecule has 0 aromatic heterocycles. The summed E-state index contributed by atoms with van der Waals surface area (Å²) < 4.78 is 31.7. The highest BCUT2D eigenvalue weighted by atomic mass is 19.4. The van der Waals surface area contributed by atoms with Gasteiger partial charge in [0.15, 0.2) is 0 Å². The summed E-state index contributed by atoms with van der Waals surface area (Å²) in [4.78, 5) is 33.2. The molecule has 3 amide bonds. The fraction of sp³-hybridized carbons (Fsp3) is 0.526. The van der Waals surface area contributed by atoms with Gasteiger partial charge in [-0.15, -0.1) is 0 Å². The van der Waals surface area contributed by atoms with Crippen molar-refractivity contribution in [2.24, 2.45) is 5.73 Å². The minimum atomic E-state index is -5.08. The lowest BCUT2D eigenvalue weighted by molar-refractivity contribution is -0.192. The molecule has 0 saturated heterocycles. The Morgan fingerprint density at radius 2 is 1.66 bits per heavy atom. The van der Waals surface area contributed by atoms with Crippen LogP contribution < -0.4 is 11.1 Å². The van der Waals surface area contributed by atoms with Crippen LogP contribution in [0.2, 0.25) is 0 Å². The van der Waals surface area contributed by atoms with Crippen molar-refractivity contribution < 1.29 is 32.7 Å². The molecule has 0 unspecified atom stereocenters. The number of benzene rings is 1. The van der Waals surface area contributed by atoms with Crippen molar-refractivity contribution in [3.8, 4) is 0 Å². The van der Waals surface area contributed by atoms with Gasteiger partial charge in [0.2, 0.25) is 5.91 Å². The van der Waals surface area contributed by atoms with E-state index in [1.807, 2.05) is 7.05 Å². The van der Waals surface area contributed by atoms with E-state index in [9.17, 15) is 22.8 Å². The Hall–Kier alpha value is -2.62. The van der Waals surface area contributed by atoms with Crippen LogP contribution in [0.15, 0.2) is 30.3 Å². The number of alkyl halides is 3. The van der Waals surface area contributed by atoms with Crippen LogP contribution in [0.3, 0.4) is 0 Å². The number of carbonyl (C=O) groups is 3. The van der Waals surface area contributed by atoms with Gasteiger partial charge in [-0.25, -0.2) is 9.59 Å². The van der Waals surface area contributed by atoms with Crippen molar-refractivity contribution in [3.63, 3.8) is 0 Å². The summed E-state index contributed by atoms with van der Waals surface area (Å²) in [5.41, 5.74) is 6.36. The second-order valence-corrected chi connectivity index (χ2v) is 6.86. The van der Waals surface area contributed by atoms with Crippen LogP contribution in [0.5, 0.6) is 0 Å². The molecule has 0 heterocycles. The lowest BCUT2D eigenvalue weighted by Crippen LogP contribution is -2.40. The smallest absolute Gasteiger partial charge is 0.475 e. The number of primary amides is 1. The van der Waals surface area contributed by atoms with Crippen molar-refractivity contribution in [3.05, 3.63) is 35.9 Å². The number of hydrogen-bond acceptors (Lipinski definition) is 4. The average molecular weight is 417 g/mol. The van der Waals surface area contributed by atoms with Crippen LogP contribution in [-0.2, 0) is 9.59 Å². The largest absolute Gasteiger partial charge is 0.490 e. The third kappa shape index (κ3) is 9.42. The minimum absolute atomic E-state index is 0.304. The molecule has 0 bridgehead atoms. The number of nitrogens with two attached hydrogens (primary N) is 1. The number of rotatable bonds is 5. The van der Waals surface area contributed by atoms with E-state index in [4.69, 9.17) is 15.6 Å². The summed E-state index contributed by atoms with van der Waals surface area (Å²) in [5, 5.41) is 9.23. The lowest BCUT2D eigenvalue weighted by Gasteiger charge is -2.34. The van der Waals surface area contributed by atoms with Gasteiger partial charge in [-0.3, -0.25) is 10.1 Å². The molecule has 162 valence electrons. The number of carbonyl (C=O) groups excluding carboxylic acids is 2. The third-order valence-corrected chi connectivity index (χ3v) is 4.79. The summed E-state index contributed by atoms with van der Waals surface area (Å²) in [5.74, 6) is -2.41. The number of urea groups is 1. The van der Waals surface area contributed by atoms with E-state index < -0.39 is 18.2 Å². The van der Waals surface area contributed by atoms with Crippen molar-refractivity contribution in [1.29, 1.82) is 0 Å². The number of halogens is 3. The molecular weight excluding hydrogens is 391 g/mol. The van der Waals surface area contributed by atoms with Crippen molar-refractivity contribution in [2.45, 2.75) is 50.2 Å². The first-order valence-electron chi connectivity index (χ1n) is 9.15. The number of nitrogens with zero attached hydrogens (tertiary/aromatic N) is 1. The fourth-order valence-electron chi connectivity index (χ4n) is 3.24. The number of amides is 3. The maximum absolute atomic E-state index is 11.4. The Morgan fingerprint density at radius 1 is 1.14 bits per heavy atom. The fourth-order valence-corrected chi connectivity index (χ4v) is 3.24. The lowest BCUT2D eigenvalue weighted by atomic mass is 9.81. The van der Waals surface area contributed by atoms with Gasteiger partial charge in [-0.2, -0.15) is 13.2 Å². The monoisotopic (exact) mass is 417 g/mol. The van der Waals surface area contributed by atoms with Gasteiger partial charge in [0.05, 0.1) is 0 Å². The van der Waals surface area contributed by atoms with Crippen molar-refractivity contribution in [2.75, 3.05) is 13.6 Å². The Bertz CT molecular complexity index is 675. The molecule has 0 atom stereocenters. The molecule has 29 heavy (non-hydrogen) atoms. The predicted molar refractivity (Wildman–Crippen MR) is 100 cm³/mol. The first-order valence-corrected chi connectivity index (χ1v) is 9.15. The molecule has 7 nitrogen and oxygen atoms in total. The first-order chi connectivity index (χ1) is 13.5. The second-order valence-electron chi connectivity index (χ2n) is 6.86. The van der Waals surface area contributed by atoms with Gasteiger partial charge in [0, 0.05) is 19.0 Å². The summed E-state index contributed by atoms with van der Waals surface area (Å²) in [6, 6.07) is 10.4. The van der Waals surface area contributed by atoms with Crippen molar-refractivity contribution in [1.82, 2.24) is 10.2 Å². The topological polar surface area (TPSA) is 113 Å². The number of imide groups is 1. The molecule has 0 spiro atoms. The van der Waals surface area contributed by atoms with Crippen LogP contribution in [0.25, 0.3) is 0 Å². The standard InChI is InChI=1S/C17H25N3O2.C2HF3O2/c1-20(12-11-16(21)19-17(18)22)15-9-7-14(8-10-15)13-5-3-2-4-6-13;3-2(4,5)1(6)7/h2-6,14-15H,7-12H2,1H3,(H3,18,19,21,22);(H,6,7). The zero-order chi connectivity index (χ0) is 22.0. The van der Waals surface area contributed by atoms with Crippen LogP contribution in [0, 0.1) is 0 Å². The molecule has 2 rings (SSSR count). The van der Waals surface area contributed by atoms with E-state index in [0.29, 0.717) is 24.9 Å². The number of carboxylic acid groups (broad SMARTS) is 1.